The fraction of sp³-hybridized carbons (Fsp3) is 0.176. The van der Waals surface area contributed by atoms with Gasteiger partial charge in [-0.3, -0.25) is 4.78 Å². The standard InChI is InChI=1S/C17H17N3O2S/c1-21-13-5-8-15-16(9-13)19-11-20-17(15)22-10-12-3-6-14(7-4-12)23(2)18/h3-9,11,18H,10H2,1-2H3. The molecule has 0 aliphatic heterocycles. The van der Waals surface area contributed by atoms with Gasteiger partial charge in [-0.2, -0.15) is 0 Å². The van der Waals surface area contributed by atoms with Crippen LogP contribution in [0.2, 0.25) is 0 Å². The monoisotopic (exact) mass is 327 g/mol. The van der Waals surface area contributed by atoms with Crippen LogP contribution in [0.25, 0.3) is 10.9 Å². The molecule has 0 radical (unpaired) electrons. The van der Waals surface area contributed by atoms with Crippen LogP contribution in [0.15, 0.2) is 53.7 Å². The zero-order valence-corrected chi connectivity index (χ0v) is 13.8. The molecule has 0 saturated heterocycles. The summed E-state index contributed by atoms with van der Waals surface area (Å²) in [4.78, 5) is 9.49. The SMILES string of the molecule is COc1ccc2c(OCc3ccc(S(C)=N)cc3)ncnc2c1. The minimum Gasteiger partial charge on any atom is -0.497 e. The number of rotatable bonds is 5. The van der Waals surface area contributed by atoms with E-state index in [1.165, 1.54) is 6.33 Å². The average molecular weight is 327 g/mol. The number of hydrogen-bond acceptors (Lipinski definition) is 5. The molecule has 6 heteroatoms. The molecule has 23 heavy (non-hydrogen) atoms. The van der Waals surface area contributed by atoms with Crippen LogP contribution in [-0.2, 0) is 17.3 Å². The molecule has 2 aromatic carbocycles. The molecule has 5 nitrogen and oxygen atoms in total. The van der Waals surface area contributed by atoms with Crippen molar-refractivity contribution in [1.29, 1.82) is 4.78 Å². The second-order valence-corrected chi connectivity index (χ2v) is 6.50. The third-order valence-corrected chi connectivity index (χ3v) is 4.44. The van der Waals surface area contributed by atoms with Crippen molar-refractivity contribution in [3.8, 4) is 11.6 Å². The highest BCUT2D eigenvalue weighted by Crippen LogP contribution is 2.25. The molecule has 118 valence electrons. The number of hydrogen-bond donors (Lipinski definition) is 1. The van der Waals surface area contributed by atoms with E-state index < -0.39 is 10.7 Å². The molecule has 0 spiro atoms. The van der Waals surface area contributed by atoms with Gasteiger partial charge in [-0.05, 0) is 36.1 Å². The van der Waals surface area contributed by atoms with Crippen molar-refractivity contribution >= 4 is 21.6 Å². The number of ether oxygens (including phenoxy) is 2. The second kappa shape index (κ2) is 6.75. The van der Waals surface area contributed by atoms with Gasteiger partial charge in [-0.1, -0.05) is 22.8 Å². The van der Waals surface area contributed by atoms with Crippen LogP contribution in [0.1, 0.15) is 5.56 Å². The van der Waals surface area contributed by atoms with E-state index in [-0.39, 0.29) is 0 Å². The molecule has 0 fully saturated rings. The first-order valence-corrected chi connectivity index (χ1v) is 8.68. The zero-order valence-electron chi connectivity index (χ0n) is 12.9. The fourth-order valence-corrected chi connectivity index (χ4v) is 2.74. The number of aromatic nitrogens is 2. The molecule has 1 heterocycles. The van der Waals surface area contributed by atoms with E-state index in [9.17, 15) is 0 Å². The smallest absolute Gasteiger partial charge is 0.224 e. The molecule has 1 atom stereocenters. The molecule has 0 bridgehead atoms. The van der Waals surface area contributed by atoms with Gasteiger partial charge in [-0.15, -0.1) is 0 Å². The van der Waals surface area contributed by atoms with E-state index in [1.807, 2.05) is 48.7 Å². The van der Waals surface area contributed by atoms with Gasteiger partial charge in [-0.25, -0.2) is 9.97 Å². The molecule has 0 saturated carbocycles. The van der Waals surface area contributed by atoms with Gasteiger partial charge in [0.1, 0.15) is 18.7 Å². The molecule has 1 unspecified atom stereocenters. The van der Waals surface area contributed by atoms with Crippen LogP contribution in [0.3, 0.4) is 0 Å². The van der Waals surface area contributed by atoms with Crippen molar-refractivity contribution < 1.29 is 9.47 Å². The Kier molecular flexibility index (Phi) is 4.52. The molecule has 3 rings (SSSR count). The van der Waals surface area contributed by atoms with Crippen molar-refractivity contribution in [3.05, 3.63) is 54.4 Å². The van der Waals surface area contributed by atoms with Gasteiger partial charge in [0.15, 0.2) is 0 Å². The first kappa shape index (κ1) is 15.4. The van der Waals surface area contributed by atoms with Gasteiger partial charge < -0.3 is 9.47 Å². The summed E-state index contributed by atoms with van der Waals surface area (Å²) >= 11 is 0. The maximum Gasteiger partial charge on any atom is 0.224 e. The van der Waals surface area contributed by atoms with E-state index in [4.69, 9.17) is 14.3 Å². The number of nitrogens with one attached hydrogen (secondary N) is 1. The normalized spacial score (nSPS) is 12.1. The molecule has 1 N–H and O–H groups in total. The van der Waals surface area contributed by atoms with Crippen molar-refractivity contribution in [1.82, 2.24) is 9.97 Å². The molecule has 0 aliphatic rings. The van der Waals surface area contributed by atoms with Crippen LogP contribution < -0.4 is 9.47 Å². The Morgan fingerprint density at radius 1 is 1.09 bits per heavy atom. The first-order valence-electron chi connectivity index (χ1n) is 7.05. The second-order valence-electron chi connectivity index (χ2n) is 5.00. The lowest BCUT2D eigenvalue weighted by atomic mass is 10.2. The maximum absolute atomic E-state index is 7.72. The molecule has 1 aromatic heterocycles. The molecular weight excluding hydrogens is 310 g/mol. The minimum absolute atomic E-state index is 0.425. The average Bonchev–Trinajstić information content (AvgIpc) is 2.59. The van der Waals surface area contributed by atoms with E-state index in [0.717, 1.165) is 27.1 Å². The van der Waals surface area contributed by atoms with Gasteiger partial charge in [0.25, 0.3) is 0 Å². The molecule has 0 aliphatic carbocycles. The third kappa shape index (κ3) is 3.48. The summed E-state index contributed by atoms with van der Waals surface area (Å²) in [5.74, 6) is 1.31. The highest BCUT2D eigenvalue weighted by atomic mass is 32.2. The Bertz CT molecular complexity index is 850. The Morgan fingerprint density at radius 3 is 2.57 bits per heavy atom. The lowest BCUT2D eigenvalue weighted by molar-refractivity contribution is 0.297. The van der Waals surface area contributed by atoms with E-state index in [1.54, 1.807) is 7.11 Å². The van der Waals surface area contributed by atoms with Gasteiger partial charge in [0, 0.05) is 11.0 Å². The predicted molar refractivity (Wildman–Crippen MR) is 91.1 cm³/mol. The van der Waals surface area contributed by atoms with Crippen molar-refractivity contribution in [2.45, 2.75) is 11.5 Å². The van der Waals surface area contributed by atoms with Crippen molar-refractivity contribution in [3.63, 3.8) is 0 Å². The summed E-state index contributed by atoms with van der Waals surface area (Å²) in [6.07, 6.45) is 3.37. The zero-order chi connectivity index (χ0) is 16.2. The Hall–Kier alpha value is -2.47. The maximum atomic E-state index is 7.72. The summed E-state index contributed by atoms with van der Waals surface area (Å²) < 4.78 is 18.8. The third-order valence-electron chi connectivity index (χ3n) is 3.46. The predicted octanol–water partition coefficient (Wildman–Crippen LogP) is 3.59. The number of methoxy groups -OCH3 is 1. The van der Waals surface area contributed by atoms with Gasteiger partial charge in [0.2, 0.25) is 5.88 Å². The summed E-state index contributed by atoms with van der Waals surface area (Å²) in [6.45, 7) is 0.425. The summed E-state index contributed by atoms with van der Waals surface area (Å²) in [7, 11) is 1.15. The largest absolute Gasteiger partial charge is 0.497 e. The van der Waals surface area contributed by atoms with Crippen LogP contribution in [-0.4, -0.2) is 23.3 Å². The molecule has 3 aromatic rings. The van der Waals surface area contributed by atoms with E-state index >= 15 is 0 Å². The highest BCUT2D eigenvalue weighted by molar-refractivity contribution is 7.85. The quantitative estimate of drug-likeness (QED) is 0.777. The molecular formula is C17H17N3O2S. The summed E-state index contributed by atoms with van der Waals surface area (Å²) in [6, 6.07) is 13.5. The number of fused-ring (bicyclic) bond motifs is 1. The lowest BCUT2D eigenvalue weighted by Crippen LogP contribution is -1.99. The van der Waals surface area contributed by atoms with Crippen LogP contribution in [0.4, 0.5) is 0 Å². The minimum atomic E-state index is -0.472. The van der Waals surface area contributed by atoms with Gasteiger partial charge >= 0.3 is 0 Å². The Labute approximate surface area is 137 Å². The summed E-state index contributed by atoms with van der Waals surface area (Å²) in [5.41, 5.74) is 1.83. The summed E-state index contributed by atoms with van der Waals surface area (Å²) in [5, 5.41) is 0.853. The lowest BCUT2D eigenvalue weighted by Gasteiger charge is -2.09. The van der Waals surface area contributed by atoms with Crippen LogP contribution >= 0.6 is 0 Å². The van der Waals surface area contributed by atoms with Gasteiger partial charge in [0.05, 0.1) is 18.0 Å². The van der Waals surface area contributed by atoms with E-state index in [2.05, 4.69) is 9.97 Å². The number of benzene rings is 2. The van der Waals surface area contributed by atoms with Crippen molar-refractivity contribution in [2.24, 2.45) is 0 Å². The first-order chi connectivity index (χ1) is 11.2. The number of nitrogens with zero attached hydrogens (tertiary/aromatic N) is 2. The Balaban J connectivity index is 1.80. The highest BCUT2D eigenvalue weighted by Gasteiger charge is 2.06. The van der Waals surface area contributed by atoms with Crippen LogP contribution in [0, 0.1) is 4.78 Å². The van der Waals surface area contributed by atoms with E-state index in [0.29, 0.717) is 12.5 Å². The topological polar surface area (TPSA) is 68.1 Å². The Morgan fingerprint density at radius 2 is 1.87 bits per heavy atom. The molecule has 0 amide bonds. The fourth-order valence-electron chi connectivity index (χ4n) is 2.20. The van der Waals surface area contributed by atoms with Crippen LogP contribution in [0.5, 0.6) is 11.6 Å². The van der Waals surface area contributed by atoms with Crippen molar-refractivity contribution in [2.75, 3.05) is 13.4 Å².